The zero-order valence-electron chi connectivity index (χ0n) is 11.8. The lowest BCUT2D eigenvalue weighted by molar-refractivity contribution is -0.384. The topological polar surface area (TPSA) is 75.5 Å². The van der Waals surface area contributed by atoms with E-state index >= 15 is 0 Å². The lowest BCUT2D eigenvalue weighted by atomic mass is 10.0. The first-order valence-corrected chi connectivity index (χ1v) is 8.11. The van der Waals surface area contributed by atoms with Gasteiger partial charge >= 0.3 is 0 Å². The Morgan fingerprint density at radius 1 is 1.27 bits per heavy atom. The summed E-state index contributed by atoms with van der Waals surface area (Å²) in [5.41, 5.74) is 0.0612. The summed E-state index contributed by atoms with van der Waals surface area (Å²) in [5, 5.41) is 15.0. The summed E-state index contributed by atoms with van der Waals surface area (Å²) >= 11 is 1.41. The Morgan fingerprint density at radius 3 is 2.68 bits per heavy atom. The van der Waals surface area contributed by atoms with Crippen LogP contribution in [0.5, 0.6) is 0 Å². The summed E-state index contributed by atoms with van der Waals surface area (Å²) in [5.74, 6) is 1.19. The summed E-state index contributed by atoms with van der Waals surface area (Å²) in [7, 11) is 0. The third-order valence-corrected chi connectivity index (χ3v) is 5.70. The average molecular weight is 317 g/mol. The number of benzene rings is 1. The van der Waals surface area contributed by atoms with Crippen LogP contribution in [0.2, 0.25) is 0 Å². The average Bonchev–Trinajstić information content (AvgIpc) is 3.18. The van der Waals surface area contributed by atoms with Crippen molar-refractivity contribution in [2.24, 2.45) is 11.8 Å². The van der Waals surface area contributed by atoms with Crippen molar-refractivity contribution in [1.29, 1.82) is 0 Å². The largest absolute Gasteiger partial charge is 0.337 e. The lowest BCUT2D eigenvalue weighted by Crippen LogP contribution is -2.31. The highest BCUT2D eigenvalue weighted by Gasteiger charge is 2.38. The van der Waals surface area contributed by atoms with E-state index in [4.69, 9.17) is 0 Å². The molecule has 1 N–H and O–H groups in total. The molecule has 0 spiro atoms. The summed E-state index contributed by atoms with van der Waals surface area (Å²) < 4.78 is 0.912. The molecule has 1 amide bonds. The molecule has 114 valence electrons. The number of thiophene rings is 1. The quantitative estimate of drug-likeness (QED) is 0.680. The van der Waals surface area contributed by atoms with Crippen LogP contribution in [0.25, 0.3) is 10.1 Å². The number of likely N-dealkylation sites (tertiary alicyclic amines) is 1. The van der Waals surface area contributed by atoms with Gasteiger partial charge in [-0.05, 0) is 24.0 Å². The second-order valence-electron chi connectivity index (χ2n) is 5.98. The van der Waals surface area contributed by atoms with E-state index in [2.05, 4.69) is 5.32 Å². The van der Waals surface area contributed by atoms with Gasteiger partial charge < -0.3 is 10.2 Å². The molecule has 7 heteroatoms. The fourth-order valence-electron chi connectivity index (χ4n) is 3.43. The zero-order chi connectivity index (χ0) is 15.3. The van der Waals surface area contributed by atoms with Gasteiger partial charge in [0.25, 0.3) is 11.6 Å². The fourth-order valence-corrected chi connectivity index (χ4v) is 4.44. The number of carbonyl (C=O) groups excluding carboxylic acids is 1. The second-order valence-corrected chi connectivity index (χ2v) is 7.06. The van der Waals surface area contributed by atoms with E-state index in [9.17, 15) is 14.9 Å². The van der Waals surface area contributed by atoms with Crippen molar-refractivity contribution < 1.29 is 9.72 Å². The number of fused-ring (bicyclic) bond motifs is 2. The molecule has 2 fully saturated rings. The van der Waals surface area contributed by atoms with E-state index in [0.717, 1.165) is 36.3 Å². The lowest BCUT2D eigenvalue weighted by Gasteiger charge is -2.16. The van der Waals surface area contributed by atoms with Crippen molar-refractivity contribution in [3.05, 3.63) is 39.3 Å². The molecule has 4 rings (SSSR count). The second kappa shape index (κ2) is 5.03. The van der Waals surface area contributed by atoms with Gasteiger partial charge in [0.15, 0.2) is 0 Å². The first-order chi connectivity index (χ1) is 10.6. The Kier molecular flexibility index (Phi) is 3.12. The van der Waals surface area contributed by atoms with Crippen molar-refractivity contribution in [2.45, 2.75) is 0 Å². The fraction of sp³-hybridized carbons (Fsp3) is 0.400. The molecule has 2 atom stereocenters. The number of rotatable bonds is 2. The van der Waals surface area contributed by atoms with Crippen LogP contribution in [0.3, 0.4) is 0 Å². The molecule has 0 radical (unpaired) electrons. The number of non-ortho nitro benzene ring substituents is 1. The first-order valence-electron chi connectivity index (χ1n) is 7.30. The molecule has 1 aromatic heterocycles. The Morgan fingerprint density at radius 2 is 2.00 bits per heavy atom. The Labute approximate surface area is 130 Å². The van der Waals surface area contributed by atoms with Crippen molar-refractivity contribution in [3.63, 3.8) is 0 Å². The monoisotopic (exact) mass is 317 g/mol. The normalized spacial score (nSPS) is 23.9. The van der Waals surface area contributed by atoms with E-state index in [1.165, 1.54) is 23.5 Å². The van der Waals surface area contributed by atoms with E-state index in [-0.39, 0.29) is 11.6 Å². The van der Waals surface area contributed by atoms with Crippen LogP contribution in [0.15, 0.2) is 24.3 Å². The number of amides is 1. The maximum atomic E-state index is 12.6. The third kappa shape index (κ3) is 2.17. The van der Waals surface area contributed by atoms with Crippen LogP contribution < -0.4 is 5.32 Å². The summed E-state index contributed by atoms with van der Waals surface area (Å²) in [6, 6.07) is 6.52. The molecule has 6 nitrogen and oxygen atoms in total. The maximum absolute atomic E-state index is 12.6. The van der Waals surface area contributed by atoms with Gasteiger partial charge in [0.2, 0.25) is 0 Å². The van der Waals surface area contributed by atoms with Gasteiger partial charge in [-0.1, -0.05) is 0 Å². The molecule has 2 aliphatic rings. The molecule has 1 aromatic carbocycles. The predicted molar refractivity (Wildman–Crippen MR) is 84.2 cm³/mol. The molecule has 0 aliphatic carbocycles. The number of nitro benzene ring substituents is 1. The van der Waals surface area contributed by atoms with Gasteiger partial charge in [0, 0.05) is 48.4 Å². The molecule has 0 unspecified atom stereocenters. The van der Waals surface area contributed by atoms with Crippen LogP contribution in [0.4, 0.5) is 5.69 Å². The molecule has 2 aromatic rings. The van der Waals surface area contributed by atoms with Gasteiger partial charge in [-0.2, -0.15) is 0 Å². The van der Waals surface area contributed by atoms with Crippen LogP contribution in [-0.4, -0.2) is 41.9 Å². The van der Waals surface area contributed by atoms with Gasteiger partial charge in [0.05, 0.1) is 9.80 Å². The SMILES string of the molecule is O=C(c1cc2cc([N+](=O)[O-])ccc2s1)N1C[C@H]2CNC[C@H]2C1. The molecular formula is C15H15N3O3S. The highest BCUT2D eigenvalue weighted by molar-refractivity contribution is 7.20. The Hall–Kier alpha value is -1.99. The first kappa shape index (κ1) is 13.7. The van der Waals surface area contributed by atoms with E-state index in [1.807, 2.05) is 4.90 Å². The van der Waals surface area contributed by atoms with Crippen LogP contribution in [0.1, 0.15) is 9.67 Å². The summed E-state index contributed by atoms with van der Waals surface area (Å²) in [6.45, 7) is 3.61. The molecule has 3 heterocycles. The van der Waals surface area contributed by atoms with Crippen LogP contribution in [-0.2, 0) is 0 Å². The van der Waals surface area contributed by atoms with E-state index < -0.39 is 4.92 Å². The molecule has 22 heavy (non-hydrogen) atoms. The molecule has 2 aliphatic heterocycles. The van der Waals surface area contributed by atoms with Gasteiger partial charge in [-0.3, -0.25) is 14.9 Å². The minimum Gasteiger partial charge on any atom is -0.337 e. The Bertz CT molecular complexity index is 760. The number of nitro groups is 1. The van der Waals surface area contributed by atoms with Crippen molar-refractivity contribution in [2.75, 3.05) is 26.2 Å². The van der Waals surface area contributed by atoms with Crippen molar-refractivity contribution in [1.82, 2.24) is 10.2 Å². The van der Waals surface area contributed by atoms with E-state index in [1.54, 1.807) is 12.1 Å². The standard InChI is InChI=1S/C15H15N3O3S/c19-15(17-7-10-5-16-6-11(10)8-17)14-4-9-3-12(18(20)21)1-2-13(9)22-14/h1-4,10-11,16H,5-8H2/t10-,11+. The number of nitrogens with one attached hydrogen (secondary N) is 1. The van der Waals surface area contributed by atoms with Gasteiger partial charge in [0.1, 0.15) is 0 Å². The molecule has 2 saturated heterocycles. The minimum absolute atomic E-state index is 0.0539. The smallest absolute Gasteiger partial charge is 0.270 e. The van der Waals surface area contributed by atoms with Gasteiger partial charge in [-0.15, -0.1) is 11.3 Å². The molecular weight excluding hydrogens is 302 g/mol. The van der Waals surface area contributed by atoms with Gasteiger partial charge in [-0.25, -0.2) is 0 Å². The van der Waals surface area contributed by atoms with Crippen molar-refractivity contribution >= 4 is 33.0 Å². The molecule has 0 bridgehead atoms. The third-order valence-electron chi connectivity index (χ3n) is 4.60. The van der Waals surface area contributed by atoms with Crippen LogP contribution in [0, 0.1) is 22.0 Å². The number of hydrogen-bond donors (Lipinski definition) is 1. The van der Waals surface area contributed by atoms with Crippen molar-refractivity contribution in [3.8, 4) is 0 Å². The summed E-state index contributed by atoms with van der Waals surface area (Å²) in [6.07, 6.45) is 0. The zero-order valence-corrected chi connectivity index (χ0v) is 12.6. The minimum atomic E-state index is -0.409. The predicted octanol–water partition coefficient (Wildman–Crippen LogP) is 2.10. The highest BCUT2D eigenvalue weighted by atomic mass is 32.1. The van der Waals surface area contributed by atoms with Crippen LogP contribution >= 0.6 is 11.3 Å². The van der Waals surface area contributed by atoms with E-state index in [0.29, 0.717) is 16.7 Å². The summed E-state index contributed by atoms with van der Waals surface area (Å²) in [4.78, 5) is 25.7. The number of nitrogens with zero attached hydrogens (tertiary/aromatic N) is 2. The maximum Gasteiger partial charge on any atom is 0.270 e. The molecule has 0 saturated carbocycles. The number of hydrogen-bond acceptors (Lipinski definition) is 5. The highest BCUT2D eigenvalue weighted by Crippen LogP contribution is 2.32. The Balaban J connectivity index is 1.60. The number of carbonyl (C=O) groups is 1.